The highest BCUT2D eigenvalue weighted by Crippen LogP contribution is 2.15. The Labute approximate surface area is 70.3 Å². The van der Waals surface area contributed by atoms with E-state index in [9.17, 15) is 4.39 Å². The number of aliphatic hydroxyl groups excluding tert-OH is 2. The molecule has 1 rings (SSSR count). The lowest BCUT2D eigenvalue weighted by Gasteiger charge is -2.05. The summed E-state index contributed by atoms with van der Waals surface area (Å²) in [5.74, 6) is -0.509. The predicted octanol–water partition coefficient (Wildman–Crippen LogP) is 1.12. The van der Waals surface area contributed by atoms with Gasteiger partial charge in [-0.2, -0.15) is 0 Å². The Balaban J connectivity index is 3.22. The van der Waals surface area contributed by atoms with Gasteiger partial charge in [0.2, 0.25) is 0 Å². The lowest BCUT2D eigenvalue weighted by Crippen LogP contribution is -1.98. The summed E-state index contributed by atoms with van der Waals surface area (Å²) < 4.78 is 13.1. The van der Waals surface area contributed by atoms with Crippen molar-refractivity contribution in [3.63, 3.8) is 0 Å². The van der Waals surface area contributed by atoms with Crippen LogP contribution in [-0.4, -0.2) is 10.2 Å². The van der Waals surface area contributed by atoms with Gasteiger partial charge in [-0.3, -0.25) is 0 Å². The minimum atomic E-state index is -0.509. The van der Waals surface area contributed by atoms with Gasteiger partial charge in [-0.15, -0.1) is 0 Å². The second kappa shape index (κ2) is 3.65. The fraction of sp³-hybridized carbons (Fsp3) is 0.333. The molecular weight excluding hydrogens is 159 g/mol. The van der Waals surface area contributed by atoms with Crippen molar-refractivity contribution < 1.29 is 14.6 Å². The molecule has 0 saturated heterocycles. The summed E-state index contributed by atoms with van der Waals surface area (Å²) in [4.78, 5) is 0. The molecule has 2 nitrogen and oxygen atoms in total. The van der Waals surface area contributed by atoms with Crippen LogP contribution in [0.5, 0.6) is 0 Å². The smallest absolute Gasteiger partial charge is 0.134 e. The summed E-state index contributed by atoms with van der Waals surface area (Å²) in [5.41, 5.74) is 1.31. The van der Waals surface area contributed by atoms with Crippen LogP contribution in [0.3, 0.4) is 0 Å². The summed E-state index contributed by atoms with van der Waals surface area (Å²) in [6, 6.07) is 3.13. The minimum Gasteiger partial charge on any atom is -0.392 e. The highest BCUT2D eigenvalue weighted by atomic mass is 19.1. The molecule has 3 heteroatoms. The zero-order valence-corrected chi connectivity index (χ0v) is 6.84. The van der Waals surface area contributed by atoms with Crippen molar-refractivity contribution in [2.75, 3.05) is 0 Å². The van der Waals surface area contributed by atoms with Crippen LogP contribution >= 0.6 is 0 Å². The molecule has 0 fully saturated rings. The van der Waals surface area contributed by atoms with E-state index in [1.807, 2.05) is 0 Å². The monoisotopic (exact) mass is 170 g/mol. The van der Waals surface area contributed by atoms with Gasteiger partial charge in [0.15, 0.2) is 0 Å². The molecule has 0 aliphatic carbocycles. The van der Waals surface area contributed by atoms with Crippen molar-refractivity contribution in [2.24, 2.45) is 0 Å². The number of hydrogen-bond acceptors (Lipinski definition) is 2. The maximum absolute atomic E-state index is 13.1. The van der Waals surface area contributed by atoms with Crippen molar-refractivity contribution in [2.45, 2.75) is 20.1 Å². The van der Waals surface area contributed by atoms with Gasteiger partial charge in [0.1, 0.15) is 5.82 Å². The molecule has 0 radical (unpaired) electrons. The number of aryl methyl sites for hydroxylation is 1. The number of benzene rings is 1. The molecule has 1 aromatic carbocycles. The molecule has 0 atom stereocenters. The Kier molecular flexibility index (Phi) is 2.78. The Hall–Kier alpha value is -0.930. The molecule has 12 heavy (non-hydrogen) atoms. The van der Waals surface area contributed by atoms with E-state index in [4.69, 9.17) is 10.2 Å². The first-order valence-corrected chi connectivity index (χ1v) is 3.68. The minimum absolute atomic E-state index is 0.235. The molecule has 0 aliphatic rings. The van der Waals surface area contributed by atoms with E-state index in [-0.39, 0.29) is 24.3 Å². The summed E-state index contributed by atoms with van der Waals surface area (Å²) in [6.07, 6.45) is 0. The SMILES string of the molecule is Cc1cc(CO)c(F)c(CO)c1. The number of hydrogen-bond donors (Lipinski definition) is 2. The maximum atomic E-state index is 13.1. The van der Waals surface area contributed by atoms with Gasteiger partial charge < -0.3 is 10.2 Å². The van der Waals surface area contributed by atoms with E-state index in [1.165, 1.54) is 0 Å². The molecule has 0 aliphatic heterocycles. The summed E-state index contributed by atoms with van der Waals surface area (Å²) in [5, 5.41) is 17.5. The predicted molar refractivity (Wildman–Crippen MR) is 43.0 cm³/mol. The topological polar surface area (TPSA) is 40.5 Å². The number of aliphatic hydroxyl groups is 2. The van der Waals surface area contributed by atoms with Gasteiger partial charge in [-0.05, 0) is 6.92 Å². The van der Waals surface area contributed by atoms with E-state index < -0.39 is 5.82 Å². The van der Waals surface area contributed by atoms with Gasteiger partial charge in [0, 0.05) is 11.1 Å². The van der Waals surface area contributed by atoms with Crippen LogP contribution in [0.25, 0.3) is 0 Å². The van der Waals surface area contributed by atoms with Crippen molar-refractivity contribution in [3.8, 4) is 0 Å². The lowest BCUT2D eigenvalue weighted by molar-refractivity contribution is 0.263. The van der Waals surface area contributed by atoms with Crippen molar-refractivity contribution >= 4 is 0 Å². The summed E-state index contributed by atoms with van der Waals surface area (Å²) >= 11 is 0. The standard InChI is InChI=1S/C9H11FO2/c1-6-2-7(4-11)9(10)8(3-6)5-12/h2-3,11-12H,4-5H2,1H3. The Bertz CT molecular complexity index is 259. The second-order valence-corrected chi connectivity index (χ2v) is 2.71. The molecule has 0 amide bonds. The van der Waals surface area contributed by atoms with Gasteiger partial charge >= 0.3 is 0 Å². The Morgan fingerprint density at radius 2 is 1.58 bits per heavy atom. The normalized spacial score (nSPS) is 10.3. The van der Waals surface area contributed by atoms with Crippen molar-refractivity contribution in [1.82, 2.24) is 0 Å². The maximum Gasteiger partial charge on any atom is 0.134 e. The van der Waals surface area contributed by atoms with Gasteiger partial charge in [0.05, 0.1) is 13.2 Å². The third-order valence-electron chi connectivity index (χ3n) is 1.71. The van der Waals surface area contributed by atoms with Crippen LogP contribution in [-0.2, 0) is 13.2 Å². The van der Waals surface area contributed by atoms with Crippen LogP contribution in [0.4, 0.5) is 4.39 Å². The number of rotatable bonds is 2. The average molecular weight is 170 g/mol. The zero-order chi connectivity index (χ0) is 9.14. The molecule has 0 bridgehead atoms. The van der Waals surface area contributed by atoms with Crippen LogP contribution in [0.2, 0.25) is 0 Å². The third kappa shape index (κ3) is 1.62. The molecule has 2 N–H and O–H groups in total. The van der Waals surface area contributed by atoms with Crippen LogP contribution in [0, 0.1) is 12.7 Å². The van der Waals surface area contributed by atoms with E-state index >= 15 is 0 Å². The first-order chi connectivity index (χ1) is 5.69. The first-order valence-electron chi connectivity index (χ1n) is 3.68. The molecule has 0 spiro atoms. The fourth-order valence-electron chi connectivity index (χ4n) is 1.15. The van der Waals surface area contributed by atoms with Crippen LogP contribution < -0.4 is 0 Å². The molecule has 0 unspecified atom stereocenters. The molecular formula is C9H11FO2. The van der Waals surface area contributed by atoms with Gasteiger partial charge in [-0.25, -0.2) is 4.39 Å². The fourth-order valence-corrected chi connectivity index (χ4v) is 1.15. The highest BCUT2D eigenvalue weighted by Gasteiger charge is 2.07. The van der Waals surface area contributed by atoms with Gasteiger partial charge in [-0.1, -0.05) is 17.7 Å². The molecule has 0 saturated carbocycles. The summed E-state index contributed by atoms with van der Waals surface area (Å²) in [6.45, 7) is 1.12. The Morgan fingerprint density at radius 3 is 1.92 bits per heavy atom. The largest absolute Gasteiger partial charge is 0.392 e. The summed E-state index contributed by atoms with van der Waals surface area (Å²) in [7, 11) is 0. The zero-order valence-electron chi connectivity index (χ0n) is 6.84. The highest BCUT2D eigenvalue weighted by molar-refractivity contribution is 5.30. The van der Waals surface area contributed by atoms with E-state index in [0.717, 1.165) is 5.56 Å². The quantitative estimate of drug-likeness (QED) is 0.698. The van der Waals surface area contributed by atoms with Gasteiger partial charge in [0.25, 0.3) is 0 Å². The second-order valence-electron chi connectivity index (χ2n) is 2.71. The average Bonchev–Trinajstić information content (AvgIpc) is 2.08. The molecule has 0 aromatic heterocycles. The molecule has 66 valence electrons. The van der Waals surface area contributed by atoms with Crippen LogP contribution in [0.1, 0.15) is 16.7 Å². The van der Waals surface area contributed by atoms with E-state index in [2.05, 4.69) is 0 Å². The number of halogens is 1. The third-order valence-corrected chi connectivity index (χ3v) is 1.71. The lowest BCUT2D eigenvalue weighted by atomic mass is 10.1. The van der Waals surface area contributed by atoms with E-state index in [0.29, 0.717) is 0 Å². The van der Waals surface area contributed by atoms with Crippen molar-refractivity contribution in [1.29, 1.82) is 0 Å². The van der Waals surface area contributed by atoms with Crippen LogP contribution in [0.15, 0.2) is 12.1 Å². The molecule has 1 aromatic rings. The first kappa shape index (κ1) is 9.16. The Morgan fingerprint density at radius 1 is 1.17 bits per heavy atom. The molecule has 0 heterocycles. The van der Waals surface area contributed by atoms with E-state index in [1.54, 1.807) is 19.1 Å². The van der Waals surface area contributed by atoms with Crippen molar-refractivity contribution in [3.05, 3.63) is 34.6 Å².